The molecule has 6 aliphatic heterocycles. The number of carbonyl (C=O) groups is 1. The summed E-state index contributed by atoms with van der Waals surface area (Å²) in [6.45, 7) is 15.2. The van der Waals surface area contributed by atoms with Gasteiger partial charge in [0.1, 0.15) is 30.5 Å². The van der Waals surface area contributed by atoms with Crippen molar-refractivity contribution < 1.29 is 57.3 Å². The maximum Gasteiger partial charge on any atom is 0.198 e. The average Bonchev–Trinajstić information content (AvgIpc) is 3.53. The Labute approximate surface area is 210 Å². The Balaban J connectivity index is 0.000000148. The third kappa shape index (κ3) is 5.23. The van der Waals surface area contributed by atoms with Crippen LogP contribution in [0.15, 0.2) is 0 Å². The third-order valence-corrected chi connectivity index (χ3v) is 6.72. The molecule has 0 aliphatic carbocycles. The number of aliphatic hydroxyl groups is 1. The Bertz CT molecular complexity index is 856. The van der Waals surface area contributed by atoms with E-state index in [2.05, 4.69) is 0 Å². The number of ether oxygens (including phenoxy) is 10. The van der Waals surface area contributed by atoms with Gasteiger partial charge in [0.25, 0.3) is 0 Å². The van der Waals surface area contributed by atoms with Crippen LogP contribution in [0, 0.1) is 0 Å². The van der Waals surface area contributed by atoms with Gasteiger partial charge >= 0.3 is 0 Å². The van der Waals surface area contributed by atoms with Gasteiger partial charge in [-0.05, 0) is 55.4 Å². The molecule has 0 spiro atoms. The number of carbonyl (C=O) groups excluding carboxylic acids is 1. The van der Waals surface area contributed by atoms with Gasteiger partial charge in [0, 0.05) is 0 Å². The lowest BCUT2D eigenvalue weighted by Crippen LogP contribution is -2.42. The molecule has 6 heterocycles. The average molecular weight is 519 g/mol. The second kappa shape index (κ2) is 8.88. The van der Waals surface area contributed by atoms with Crippen molar-refractivity contribution in [2.24, 2.45) is 0 Å². The molecule has 0 amide bonds. The Hall–Kier alpha value is -0.770. The van der Waals surface area contributed by atoms with E-state index in [0.29, 0.717) is 13.2 Å². The van der Waals surface area contributed by atoms with Gasteiger partial charge in [-0.25, -0.2) is 0 Å². The van der Waals surface area contributed by atoms with E-state index in [0.717, 1.165) is 0 Å². The zero-order chi connectivity index (χ0) is 26.3. The summed E-state index contributed by atoms with van der Waals surface area (Å²) >= 11 is 0. The van der Waals surface area contributed by atoms with E-state index in [4.69, 9.17) is 47.4 Å². The van der Waals surface area contributed by atoms with Crippen molar-refractivity contribution in [1.29, 1.82) is 0 Å². The third-order valence-electron chi connectivity index (χ3n) is 6.72. The van der Waals surface area contributed by atoms with Crippen molar-refractivity contribution >= 4 is 5.78 Å². The van der Waals surface area contributed by atoms with Crippen molar-refractivity contribution in [3.05, 3.63) is 0 Å². The van der Waals surface area contributed by atoms with Gasteiger partial charge in [-0.15, -0.1) is 0 Å². The minimum atomic E-state index is -0.776. The molecule has 12 nitrogen and oxygen atoms in total. The fraction of sp³-hybridized carbons (Fsp3) is 0.958. The van der Waals surface area contributed by atoms with Crippen LogP contribution >= 0.6 is 0 Å². The van der Waals surface area contributed by atoms with Crippen LogP contribution in [-0.2, 0) is 52.2 Å². The molecule has 0 aromatic rings. The molecule has 36 heavy (non-hydrogen) atoms. The number of rotatable bonds is 2. The number of hydrogen-bond donors (Lipinski definition) is 1. The van der Waals surface area contributed by atoms with Crippen LogP contribution in [0.3, 0.4) is 0 Å². The molecule has 0 saturated carbocycles. The quantitative estimate of drug-likeness (QED) is 0.559. The molecular formula is C24H38O12. The molecule has 0 aromatic carbocycles. The Morgan fingerprint density at radius 2 is 1.17 bits per heavy atom. The van der Waals surface area contributed by atoms with Crippen LogP contribution < -0.4 is 0 Å². The predicted octanol–water partition coefficient (Wildman–Crippen LogP) is 0.959. The van der Waals surface area contributed by atoms with Gasteiger partial charge in [-0.1, -0.05) is 0 Å². The van der Waals surface area contributed by atoms with Crippen LogP contribution in [-0.4, -0.2) is 103 Å². The van der Waals surface area contributed by atoms with Crippen molar-refractivity contribution in [1.82, 2.24) is 0 Å². The lowest BCUT2D eigenvalue weighted by Gasteiger charge is -2.26. The molecule has 6 aliphatic rings. The van der Waals surface area contributed by atoms with Crippen molar-refractivity contribution in [2.45, 2.75) is 134 Å². The number of aliphatic hydroxyl groups excluding tert-OH is 1. The summed E-state index contributed by atoms with van der Waals surface area (Å²) < 4.78 is 55.9. The van der Waals surface area contributed by atoms with Crippen LogP contribution in [0.4, 0.5) is 0 Å². The second-order valence-corrected chi connectivity index (χ2v) is 11.7. The smallest absolute Gasteiger partial charge is 0.198 e. The zero-order valence-corrected chi connectivity index (χ0v) is 22.0. The first kappa shape index (κ1) is 26.8. The maximum atomic E-state index is 12.2. The molecule has 0 radical (unpaired) electrons. The molecule has 6 rings (SSSR count). The van der Waals surface area contributed by atoms with E-state index >= 15 is 0 Å². The Kier molecular flexibility index (Phi) is 6.62. The summed E-state index contributed by atoms with van der Waals surface area (Å²) in [5.74, 6) is -2.92. The highest BCUT2D eigenvalue weighted by Crippen LogP contribution is 2.41. The predicted molar refractivity (Wildman–Crippen MR) is 118 cm³/mol. The largest absolute Gasteiger partial charge is 0.387 e. The van der Waals surface area contributed by atoms with Crippen LogP contribution in [0.5, 0.6) is 0 Å². The second-order valence-electron chi connectivity index (χ2n) is 11.7. The van der Waals surface area contributed by atoms with E-state index in [-0.39, 0.29) is 11.9 Å². The van der Waals surface area contributed by atoms with E-state index in [1.165, 1.54) is 0 Å². The van der Waals surface area contributed by atoms with Gasteiger partial charge in [-0.3, -0.25) is 4.79 Å². The monoisotopic (exact) mass is 518 g/mol. The highest BCUT2D eigenvalue weighted by molar-refractivity contribution is 5.90. The van der Waals surface area contributed by atoms with E-state index in [1.54, 1.807) is 27.7 Å². The van der Waals surface area contributed by atoms with Gasteiger partial charge in [0.2, 0.25) is 0 Å². The van der Waals surface area contributed by atoms with E-state index in [1.807, 2.05) is 27.7 Å². The molecule has 206 valence electrons. The summed E-state index contributed by atoms with van der Waals surface area (Å²) in [6.07, 6.45) is -4.88. The molecule has 6 fully saturated rings. The van der Waals surface area contributed by atoms with Gasteiger partial charge < -0.3 is 52.5 Å². The zero-order valence-electron chi connectivity index (χ0n) is 22.0. The van der Waals surface area contributed by atoms with Gasteiger partial charge in [-0.2, -0.15) is 0 Å². The van der Waals surface area contributed by atoms with E-state index < -0.39 is 72.4 Å². The van der Waals surface area contributed by atoms with Gasteiger partial charge in [0.05, 0.1) is 13.2 Å². The molecule has 5 unspecified atom stereocenters. The Morgan fingerprint density at radius 3 is 1.69 bits per heavy atom. The molecule has 6 saturated heterocycles. The number of ketones is 1. The minimum Gasteiger partial charge on any atom is -0.387 e. The van der Waals surface area contributed by atoms with Gasteiger partial charge in [0.15, 0.2) is 53.7 Å². The Morgan fingerprint density at radius 1 is 0.611 bits per heavy atom. The van der Waals surface area contributed by atoms with Crippen molar-refractivity contribution in [3.63, 3.8) is 0 Å². The highest BCUT2D eigenvalue weighted by Gasteiger charge is 2.59. The first-order valence-corrected chi connectivity index (χ1v) is 12.4. The van der Waals surface area contributed by atoms with E-state index in [9.17, 15) is 9.90 Å². The van der Waals surface area contributed by atoms with Crippen LogP contribution in [0.1, 0.15) is 55.4 Å². The van der Waals surface area contributed by atoms with Crippen LogP contribution in [0.25, 0.3) is 0 Å². The molecular weight excluding hydrogens is 480 g/mol. The van der Waals surface area contributed by atoms with Crippen LogP contribution in [0.2, 0.25) is 0 Å². The summed E-state index contributed by atoms with van der Waals surface area (Å²) in [5, 5.41) is 10.3. The fourth-order valence-corrected chi connectivity index (χ4v) is 5.23. The molecule has 12 heteroatoms. The fourth-order valence-electron chi connectivity index (χ4n) is 5.23. The molecule has 0 aromatic heterocycles. The maximum absolute atomic E-state index is 12.2. The number of Topliss-reactive ketones (excluding diaryl/α,β-unsaturated/α-hetero) is 1. The first-order valence-electron chi connectivity index (χ1n) is 12.4. The molecule has 0 bridgehead atoms. The highest BCUT2D eigenvalue weighted by atomic mass is 16.9. The topological polar surface area (TPSA) is 130 Å². The molecule has 9 atom stereocenters. The normalized spacial score (nSPS) is 47.5. The summed E-state index contributed by atoms with van der Waals surface area (Å²) in [6, 6.07) is 0. The summed E-state index contributed by atoms with van der Waals surface area (Å²) in [5.41, 5.74) is 0. The number of hydrogen-bond acceptors (Lipinski definition) is 12. The number of fused-ring (bicyclic) bond motifs is 2. The minimum absolute atomic E-state index is 0.128. The SMILES string of the molecule is CC1(C)OCC([C@H]2O[C@@H]3OC(C)(C)OC3C2=O)O1.CC1(C)OCC([C@H]2O[C@@H]3OC(C)(C)OC3C2O)O1. The lowest BCUT2D eigenvalue weighted by atomic mass is 10.1. The van der Waals surface area contributed by atoms with Crippen molar-refractivity contribution in [3.8, 4) is 0 Å². The molecule has 1 N–H and O–H groups in total. The van der Waals surface area contributed by atoms with Crippen molar-refractivity contribution in [2.75, 3.05) is 13.2 Å². The summed E-state index contributed by atoms with van der Waals surface area (Å²) in [4.78, 5) is 12.2. The standard InChI is InChI=1S/C12H20O6.C12H18O6/c2*1-11(2)14-5-6(16-11)8-7(13)9-10(15-8)18-12(3,4)17-9/h6-10,13H,5H2,1-4H3;6,8-10H,5H2,1-4H3/t6?,7?,8-,9?,10-;6?,8-,9?,10-/m11/s1. The summed E-state index contributed by atoms with van der Waals surface area (Å²) in [7, 11) is 0. The lowest BCUT2D eigenvalue weighted by molar-refractivity contribution is -0.232. The first-order chi connectivity index (χ1) is 16.5.